The van der Waals surface area contributed by atoms with Crippen molar-refractivity contribution >= 4 is 60.2 Å². The number of fused-ring (bicyclic) bond motifs is 17. The third-order valence-corrected chi connectivity index (χ3v) is 15.8. The molecule has 334 valence electrons. The molecule has 0 aliphatic heterocycles. The van der Waals surface area contributed by atoms with Gasteiger partial charge in [0.15, 0.2) is 0 Å². The minimum atomic E-state index is -0.527. The molecule has 0 saturated heterocycles. The molecule has 1 nitrogen and oxygen atoms in total. The standard InChI is InChI=1S/C71H45N/c1-2-18-46(19-3-1)50-22-16-23-51(42-50)72(52-40-41-59-57-27-7-6-25-55(57)56-26-8-9-28-58(56)64(59)43-52)70-45-69-65(44-63(70)49-38-36-48(37-39-49)54-32-17-21-47-20-4-5-24-53(47)54)62-31-12-15-35-68(62)71(69)66-33-13-10-29-60(66)61-30-11-14-34-67(61)71/h1-45H. The van der Waals surface area contributed by atoms with Gasteiger partial charge in [-0.1, -0.05) is 237 Å². The highest BCUT2D eigenvalue weighted by molar-refractivity contribution is 6.26. The maximum atomic E-state index is 2.57. The van der Waals surface area contributed by atoms with Crippen molar-refractivity contribution in [3.8, 4) is 55.6 Å². The first kappa shape index (κ1) is 40.6. The predicted octanol–water partition coefficient (Wildman–Crippen LogP) is 19.1. The van der Waals surface area contributed by atoms with Crippen LogP contribution < -0.4 is 4.90 Å². The third-order valence-electron chi connectivity index (χ3n) is 15.8. The Morgan fingerprint density at radius 2 is 0.681 bits per heavy atom. The van der Waals surface area contributed by atoms with Crippen molar-refractivity contribution in [1.29, 1.82) is 0 Å². The van der Waals surface area contributed by atoms with E-state index >= 15 is 0 Å². The number of anilines is 3. The van der Waals surface area contributed by atoms with E-state index in [-0.39, 0.29) is 0 Å². The first-order valence-corrected chi connectivity index (χ1v) is 25.1. The first-order chi connectivity index (χ1) is 35.7. The first-order valence-electron chi connectivity index (χ1n) is 25.1. The monoisotopic (exact) mass is 911 g/mol. The summed E-state index contributed by atoms with van der Waals surface area (Å²) in [7, 11) is 0. The number of hydrogen-bond acceptors (Lipinski definition) is 1. The summed E-state index contributed by atoms with van der Waals surface area (Å²) in [6.45, 7) is 0. The van der Waals surface area contributed by atoms with Crippen LogP contribution in [0.4, 0.5) is 17.1 Å². The van der Waals surface area contributed by atoms with E-state index in [1.54, 1.807) is 0 Å². The van der Waals surface area contributed by atoms with Crippen LogP contribution in [0.1, 0.15) is 22.3 Å². The molecule has 0 fully saturated rings. The van der Waals surface area contributed by atoms with E-state index < -0.39 is 5.41 Å². The van der Waals surface area contributed by atoms with Crippen LogP contribution in [0.25, 0.3) is 98.7 Å². The van der Waals surface area contributed by atoms with Gasteiger partial charge in [0.2, 0.25) is 0 Å². The second-order valence-electron chi connectivity index (χ2n) is 19.5. The van der Waals surface area contributed by atoms with E-state index in [0.29, 0.717) is 0 Å². The van der Waals surface area contributed by atoms with Gasteiger partial charge in [0.25, 0.3) is 0 Å². The quantitative estimate of drug-likeness (QED) is 0.150. The Bertz CT molecular complexity index is 4250. The van der Waals surface area contributed by atoms with Gasteiger partial charge in [-0.3, -0.25) is 0 Å². The Labute approximate surface area is 419 Å². The SMILES string of the molecule is c1ccc(-c2cccc(N(c3ccc4c5ccccc5c5ccccc5c4c3)c3cc4c(cc3-c3ccc(-c5cccc6ccccc56)cc3)-c3ccccc3C43c4ccccc4-c4ccccc43)c2)cc1. The van der Waals surface area contributed by atoms with Gasteiger partial charge >= 0.3 is 0 Å². The Balaban J connectivity index is 1.05. The minimum Gasteiger partial charge on any atom is -0.310 e. The average molecular weight is 912 g/mol. The summed E-state index contributed by atoms with van der Waals surface area (Å²) in [5, 5.41) is 10.0. The van der Waals surface area contributed by atoms with Crippen molar-refractivity contribution in [3.63, 3.8) is 0 Å². The van der Waals surface area contributed by atoms with Crippen molar-refractivity contribution in [1.82, 2.24) is 0 Å². The van der Waals surface area contributed by atoms with Gasteiger partial charge in [0.05, 0.1) is 11.1 Å². The lowest BCUT2D eigenvalue weighted by Crippen LogP contribution is -2.26. The fraction of sp³-hybridized carbons (Fsp3) is 0.0141. The van der Waals surface area contributed by atoms with Crippen LogP contribution in [0, 0.1) is 0 Å². The zero-order valence-corrected chi connectivity index (χ0v) is 39.4. The average Bonchev–Trinajstić information content (AvgIpc) is 3.92. The lowest BCUT2D eigenvalue weighted by atomic mass is 9.70. The molecule has 0 radical (unpaired) electrons. The third kappa shape index (κ3) is 5.89. The van der Waals surface area contributed by atoms with E-state index in [1.165, 1.54) is 115 Å². The van der Waals surface area contributed by atoms with Gasteiger partial charge in [-0.15, -0.1) is 0 Å². The molecular formula is C71H45N. The van der Waals surface area contributed by atoms with Crippen molar-refractivity contribution in [2.24, 2.45) is 0 Å². The maximum Gasteiger partial charge on any atom is 0.0726 e. The molecule has 0 amide bonds. The molecule has 0 unspecified atom stereocenters. The van der Waals surface area contributed by atoms with E-state index in [4.69, 9.17) is 0 Å². The highest BCUT2D eigenvalue weighted by atomic mass is 15.1. The van der Waals surface area contributed by atoms with Crippen LogP contribution in [-0.2, 0) is 5.41 Å². The molecule has 1 spiro atoms. The molecule has 0 N–H and O–H groups in total. The summed E-state index contributed by atoms with van der Waals surface area (Å²) in [6, 6.07) is 102. The topological polar surface area (TPSA) is 3.24 Å². The lowest BCUT2D eigenvalue weighted by molar-refractivity contribution is 0.794. The summed E-state index contributed by atoms with van der Waals surface area (Å²) < 4.78 is 0. The fourth-order valence-corrected chi connectivity index (χ4v) is 12.8. The Kier molecular flexibility index (Phi) is 8.94. The summed E-state index contributed by atoms with van der Waals surface area (Å²) >= 11 is 0. The normalized spacial score (nSPS) is 12.8. The molecule has 13 aromatic rings. The summed E-state index contributed by atoms with van der Waals surface area (Å²) in [4.78, 5) is 2.55. The van der Waals surface area contributed by atoms with Crippen LogP contribution in [0.3, 0.4) is 0 Å². The lowest BCUT2D eigenvalue weighted by Gasteiger charge is -2.33. The van der Waals surface area contributed by atoms with Crippen molar-refractivity contribution < 1.29 is 0 Å². The minimum absolute atomic E-state index is 0.527. The van der Waals surface area contributed by atoms with E-state index in [2.05, 4.69) is 278 Å². The molecular weight excluding hydrogens is 867 g/mol. The Hall–Kier alpha value is -9.30. The zero-order valence-electron chi connectivity index (χ0n) is 39.4. The van der Waals surface area contributed by atoms with Gasteiger partial charge in [-0.05, 0) is 152 Å². The summed E-state index contributed by atoms with van der Waals surface area (Å²) in [5.74, 6) is 0. The molecule has 15 rings (SSSR count). The highest BCUT2D eigenvalue weighted by Gasteiger charge is 2.52. The number of benzene rings is 13. The molecule has 72 heavy (non-hydrogen) atoms. The van der Waals surface area contributed by atoms with Crippen molar-refractivity contribution in [3.05, 3.63) is 295 Å². The summed E-state index contributed by atoms with van der Waals surface area (Å²) in [6.07, 6.45) is 0. The summed E-state index contributed by atoms with van der Waals surface area (Å²) in [5.41, 5.74) is 20.3. The van der Waals surface area contributed by atoms with Gasteiger partial charge in [0, 0.05) is 16.9 Å². The van der Waals surface area contributed by atoms with Crippen LogP contribution in [0.5, 0.6) is 0 Å². The molecule has 1 heteroatoms. The molecule has 2 aliphatic carbocycles. The van der Waals surface area contributed by atoms with Crippen molar-refractivity contribution in [2.75, 3.05) is 4.90 Å². The van der Waals surface area contributed by atoms with Crippen LogP contribution >= 0.6 is 0 Å². The van der Waals surface area contributed by atoms with Crippen LogP contribution in [0.15, 0.2) is 273 Å². The molecule has 0 saturated carbocycles. The van der Waals surface area contributed by atoms with Gasteiger partial charge in [-0.25, -0.2) is 0 Å². The second-order valence-corrected chi connectivity index (χ2v) is 19.5. The van der Waals surface area contributed by atoms with Gasteiger partial charge in [0.1, 0.15) is 0 Å². The van der Waals surface area contributed by atoms with E-state index in [0.717, 1.165) is 22.6 Å². The molecule has 0 aromatic heterocycles. The molecule has 2 aliphatic rings. The second kappa shape index (κ2) is 15.9. The molecule has 13 aromatic carbocycles. The molecule has 0 bridgehead atoms. The fourth-order valence-electron chi connectivity index (χ4n) is 12.8. The van der Waals surface area contributed by atoms with E-state index in [9.17, 15) is 0 Å². The predicted molar refractivity (Wildman–Crippen MR) is 304 cm³/mol. The zero-order chi connectivity index (χ0) is 47.3. The van der Waals surface area contributed by atoms with Gasteiger partial charge in [-0.2, -0.15) is 0 Å². The van der Waals surface area contributed by atoms with Crippen molar-refractivity contribution in [2.45, 2.75) is 5.41 Å². The molecule has 0 heterocycles. The largest absolute Gasteiger partial charge is 0.310 e. The van der Waals surface area contributed by atoms with Crippen LogP contribution in [0.2, 0.25) is 0 Å². The van der Waals surface area contributed by atoms with Gasteiger partial charge < -0.3 is 4.90 Å². The number of nitrogens with zero attached hydrogens (tertiary/aromatic N) is 1. The number of hydrogen-bond donors (Lipinski definition) is 0. The molecule has 0 atom stereocenters. The number of rotatable bonds is 6. The van der Waals surface area contributed by atoms with E-state index in [1.807, 2.05) is 0 Å². The Morgan fingerprint density at radius 1 is 0.222 bits per heavy atom. The van der Waals surface area contributed by atoms with Crippen LogP contribution in [-0.4, -0.2) is 0 Å². The Morgan fingerprint density at radius 3 is 1.33 bits per heavy atom. The highest BCUT2D eigenvalue weighted by Crippen LogP contribution is 2.64. The maximum absolute atomic E-state index is 2.57. The smallest absolute Gasteiger partial charge is 0.0726 e.